The number of carbonyl (C=O) groups is 1. The number of halogens is 1. The molecule has 0 bridgehead atoms. The molecule has 0 aliphatic rings. The minimum Gasteiger partial charge on any atom is -0.370 e. The topological polar surface area (TPSA) is 98.3 Å². The Bertz CT molecular complexity index is 437. The smallest absolute Gasteiger partial charge is 0.270 e. The Kier molecular flexibility index (Phi) is 5.05. The van der Waals surface area contributed by atoms with Crippen LogP contribution in [0.3, 0.4) is 0 Å². The van der Waals surface area contributed by atoms with Crippen molar-refractivity contribution in [3.8, 4) is 0 Å². The third-order valence-electron chi connectivity index (χ3n) is 2.03. The number of non-ortho nitro benzene ring substituents is 1. The number of amides is 1. The number of carbonyl (C=O) groups excluding carboxylic acids is 1. The average molecular weight is 302 g/mol. The molecule has 0 fully saturated rings. The first-order chi connectivity index (χ1) is 7.99. The fourth-order valence-electron chi connectivity index (χ4n) is 1.29. The molecule has 1 aromatic rings. The van der Waals surface area contributed by atoms with E-state index in [1.165, 1.54) is 12.1 Å². The number of hydrogen-bond acceptors (Lipinski definition) is 4. The SMILES string of the molecule is NC(=O)CCNCc1cc(Br)cc([N+](=O)[O-])c1. The van der Waals surface area contributed by atoms with Crippen LogP contribution >= 0.6 is 15.9 Å². The van der Waals surface area contributed by atoms with Gasteiger partial charge in [-0.2, -0.15) is 0 Å². The number of nitrogens with zero attached hydrogens (tertiary/aromatic N) is 1. The zero-order valence-corrected chi connectivity index (χ0v) is 10.6. The van der Waals surface area contributed by atoms with Gasteiger partial charge in [-0.1, -0.05) is 15.9 Å². The molecule has 0 heterocycles. The van der Waals surface area contributed by atoms with Gasteiger partial charge in [0.15, 0.2) is 0 Å². The van der Waals surface area contributed by atoms with Crippen molar-refractivity contribution in [1.29, 1.82) is 0 Å². The lowest BCUT2D eigenvalue weighted by Gasteiger charge is -2.04. The first kappa shape index (κ1) is 13.6. The molecule has 0 aliphatic carbocycles. The van der Waals surface area contributed by atoms with Gasteiger partial charge in [0.25, 0.3) is 5.69 Å². The molecule has 7 heteroatoms. The Morgan fingerprint density at radius 1 is 1.47 bits per heavy atom. The van der Waals surface area contributed by atoms with Gasteiger partial charge in [0.2, 0.25) is 5.91 Å². The third-order valence-corrected chi connectivity index (χ3v) is 2.49. The van der Waals surface area contributed by atoms with Crippen LogP contribution in [0.15, 0.2) is 22.7 Å². The highest BCUT2D eigenvalue weighted by molar-refractivity contribution is 9.10. The summed E-state index contributed by atoms with van der Waals surface area (Å²) in [4.78, 5) is 20.7. The van der Waals surface area contributed by atoms with Gasteiger partial charge < -0.3 is 11.1 Å². The number of nitro groups is 1. The van der Waals surface area contributed by atoms with E-state index in [0.717, 1.165) is 5.56 Å². The first-order valence-electron chi connectivity index (χ1n) is 4.92. The minimum absolute atomic E-state index is 0.0334. The van der Waals surface area contributed by atoms with Crippen molar-refractivity contribution in [1.82, 2.24) is 5.32 Å². The molecule has 1 rings (SSSR count). The van der Waals surface area contributed by atoms with Crippen molar-refractivity contribution in [2.45, 2.75) is 13.0 Å². The highest BCUT2D eigenvalue weighted by atomic mass is 79.9. The van der Waals surface area contributed by atoms with Crippen LogP contribution < -0.4 is 11.1 Å². The van der Waals surface area contributed by atoms with Gasteiger partial charge >= 0.3 is 0 Å². The maximum absolute atomic E-state index is 10.6. The standard InChI is InChI=1S/C10H12BrN3O3/c11-8-3-7(4-9(5-8)14(16)17)6-13-2-1-10(12)15/h3-5,13H,1-2,6H2,(H2,12,15). The van der Waals surface area contributed by atoms with Crippen LogP contribution in [-0.2, 0) is 11.3 Å². The van der Waals surface area contributed by atoms with Crippen molar-refractivity contribution in [3.63, 3.8) is 0 Å². The fraction of sp³-hybridized carbons (Fsp3) is 0.300. The molecular formula is C10H12BrN3O3. The lowest BCUT2D eigenvalue weighted by Crippen LogP contribution is -2.21. The van der Waals surface area contributed by atoms with Gasteiger partial charge in [-0.3, -0.25) is 14.9 Å². The maximum atomic E-state index is 10.6. The molecule has 1 aromatic carbocycles. The van der Waals surface area contributed by atoms with Crippen molar-refractivity contribution in [2.24, 2.45) is 5.73 Å². The summed E-state index contributed by atoms with van der Waals surface area (Å²) in [5.74, 6) is -0.377. The second kappa shape index (κ2) is 6.31. The van der Waals surface area contributed by atoms with E-state index in [-0.39, 0.29) is 18.0 Å². The van der Waals surface area contributed by atoms with Gasteiger partial charge in [0, 0.05) is 36.1 Å². The molecule has 17 heavy (non-hydrogen) atoms. The molecule has 0 saturated carbocycles. The van der Waals surface area contributed by atoms with Gasteiger partial charge in [-0.15, -0.1) is 0 Å². The predicted molar refractivity (Wildman–Crippen MR) is 66.3 cm³/mol. The summed E-state index contributed by atoms with van der Waals surface area (Å²) in [6, 6.07) is 4.71. The van der Waals surface area contributed by atoms with Gasteiger partial charge in [-0.05, 0) is 11.6 Å². The zero-order chi connectivity index (χ0) is 12.8. The quantitative estimate of drug-likeness (QED) is 0.470. The summed E-state index contributed by atoms with van der Waals surface area (Å²) in [6.45, 7) is 0.906. The number of hydrogen-bond donors (Lipinski definition) is 2. The minimum atomic E-state index is -0.447. The Morgan fingerprint density at radius 2 is 2.18 bits per heavy atom. The Hall–Kier alpha value is -1.47. The van der Waals surface area contributed by atoms with Crippen LogP contribution in [-0.4, -0.2) is 17.4 Å². The molecule has 1 amide bonds. The summed E-state index contributed by atoms with van der Waals surface area (Å²) < 4.78 is 0.651. The zero-order valence-electron chi connectivity index (χ0n) is 8.98. The molecule has 0 radical (unpaired) electrons. The molecule has 3 N–H and O–H groups in total. The number of benzene rings is 1. The van der Waals surface area contributed by atoms with Gasteiger partial charge in [0.05, 0.1) is 4.92 Å². The fourth-order valence-corrected chi connectivity index (χ4v) is 1.81. The highest BCUT2D eigenvalue weighted by Gasteiger charge is 2.08. The molecule has 0 unspecified atom stereocenters. The van der Waals surface area contributed by atoms with Crippen LogP contribution in [0.2, 0.25) is 0 Å². The summed E-state index contributed by atoms with van der Waals surface area (Å²) in [6.07, 6.45) is 0.246. The van der Waals surface area contributed by atoms with E-state index in [4.69, 9.17) is 5.73 Å². The third kappa shape index (κ3) is 4.92. The molecule has 0 atom stereocenters. The number of nitrogens with one attached hydrogen (secondary N) is 1. The molecule has 6 nitrogen and oxygen atoms in total. The second-order valence-corrected chi connectivity index (χ2v) is 4.38. The first-order valence-corrected chi connectivity index (χ1v) is 5.71. The number of primary amides is 1. The largest absolute Gasteiger partial charge is 0.370 e. The summed E-state index contributed by atoms with van der Waals surface area (Å²) in [5.41, 5.74) is 5.79. The van der Waals surface area contributed by atoms with Crippen LogP contribution in [0, 0.1) is 10.1 Å². The van der Waals surface area contributed by atoms with Crippen molar-refractivity contribution < 1.29 is 9.72 Å². The average Bonchev–Trinajstić information content (AvgIpc) is 2.23. The normalized spacial score (nSPS) is 10.2. The molecule has 0 saturated heterocycles. The Morgan fingerprint density at radius 3 is 2.76 bits per heavy atom. The Labute approximate surface area is 106 Å². The summed E-state index contributed by atoms with van der Waals surface area (Å²) >= 11 is 3.21. The lowest BCUT2D eigenvalue weighted by molar-refractivity contribution is -0.385. The second-order valence-electron chi connectivity index (χ2n) is 3.47. The van der Waals surface area contributed by atoms with E-state index in [0.29, 0.717) is 17.6 Å². The van der Waals surface area contributed by atoms with Crippen LogP contribution in [0.25, 0.3) is 0 Å². The Balaban J connectivity index is 2.59. The van der Waals surface area contributed by atoms with Crippen molar-refractivity contribution in [2.75, 3.05) is 6.54 Å². The summed E-state index contributed by atoms with van der Waals surface area (Å²) in [5, 5.41) is 13.6. The molecule has 0 spiro atoms. The van der Waals surface area contributed by atoms with Crippen LogP contribution in [0.4, 0.5) is 5.69 Å². The van der Waals surface area contributed by atoms with E-state index in [2.05, 4.69) is 21.2 Å². The van der Waals surface area contributed by atoms with E-state index in [1.54, 1.807) is 6.07 Å². The van der Waals surface area contributed by atoms with E-state index in [1.807, 2.05) is 0 Å². The monoisotopic (exact) mass is 301 g/mol. The number of nitro benzene ring substituents is 1. The van der Waals surface area contributed by atoms with Gasteiger partial charge in [0.1, 0.15) is 0 Å². The maximum Gasteiger partial charge on any atom is 0.270 e. The highest BCUT2D eigenvalue weighted by Crippen LogP contribution is 2.21. The van der Waals surface area contributed by atoms with E-state index >= 15 is 0 Å². The van der Waals surface area contributed by atoms with Crippen molar-refractivity contribution >= 4 is 27.5 Å². The molecular weight excluding hydrogens is 290 g/mol. The predicted octanol–water partition coefficient (Wildman–Crippen LogP) is 1.32. The lowest BCUT2D eigenvalue weighted by atomic mass is 10.2. The van der Waals surface area contributed by atoms with Crippen LogP contribution in [0.5, 0.6) is 0 Å². The molecule has 0 aliphatic heterocycles. The molecule has 92 valence electrons. The number of nitrogens with two attached hydrogens (primary N) is 1. The van der Waals surface area contributed by atoms with E-state index in [9.17, 15) is 14.9 Å². The molecule has 0 aromatic heterocycles. The number of rotatable bonds is 6. The van der Waals surface area contributed by atoms with Crippen molar-refractivity contribution in [3.05, 3.63) is 38.3 Å². The van der Waals surface area contributed by atoms with E-state index < -0.39 is 4.92 Å². The van der Waals surface area contributed by atoms with Crippen LogP contribution in [0.1, 0.15) is 12.0 Å². The summed E-state index contributed by atoms with van der Waals surface area (Å²) in [7, 11) is 0. The van der Waals surface area contributed by atoms with Gasteiger partial charge in [-0.25, -0.2) is 0 Å².